The summed E-state index contributed by atoms with van der Waals surface area (Å²) < 4.78 is 4.19. The van der Waals surface area contributed by atoms with Crippen molar-refractivity contribution in [3.63, 3.8) is 0 Å². The zero-order chi connectivity index (χ0) is 19.6. The smallest absolute Gasteiger partial charge is 0.319 e. The zero-order valence-electron chi connectivity index (χ0n) is 15.4. The molecule has 10 nitrogen and oxygen atoms in total. The van der Waals surface area contributed by atoms with E-state index < -0.39 is 5.91 Å². The lowest BCUT2D eigenvalue weighted by Gasteiger charge is -2.21. The van der Waals surface area contributed by atoms with Crippen LogP contribution in [-0.2, 0) is 0 Å². The summed E-state index contributed by atoms with van der Waals surface area (Å²) in [4.78, 5) is 35.6. The van der Waals surface area contributed by atoms with Crippen LogP contribution in [0.2, 0.25) is 0 Å². The first kappa shape index (κ1) is 18.8. The van der Waals surface area contributed by atoms with Gasteiger partial charge in [-0.3, -0.25) is 4.79 Å². The number of carbonyl (C=O) groups is 2. The van der Waals surface area contributed by atoms with Gasteiger partial charge in [0.15, 0.2) is 11.5 Å². The number of nitrogens with one attached hydrogen (secondary N) is 2. The summed E-state index contributed by atoms with van der Waals surface area (Å²) in [6.45, 7) is 3.13. The number of anilines is 3. The Morgan fingerprint density at radius 1 is 1.41 bits per heavy atom. The van der Waals surface area contributed by atoms with Crippen LogP contribution >= 0.6 is 11.5 Å². The van der Waals surface area contributed by atoms with Gasteiger partial charge in [0.05, 0.1) is 11.9 Å². The number of nitrogens with zero attached hydrogens (tertiary/aromatic N) is 5. The molecule has 144 valence electrons. The van der Waals surface area contributed by atoms with E-state index in [0.717, 1.165) is 17.1 Å². The lowest BCUT2D eigenvalue weighted by Crippen LogP contribution is -2.38. The predicted octanol–water partition coefficient (Wildman–Crippen LogP) is 1.25. The Hall–Kier alpha value is -2.95. The van der Waals surface area contributed by atoms with Crippen molar-refractivity contribution in [2.24, 2.45) is 5.73 Å². The minimum atomic E-state index is -0.665. The number of hydrogen-bond acceptors (Lipinski definition) is 8. The van der Waals surface area contributed by atoms with Gasteiger partial charge in [-0.1, -0.05) is 0 Å². The Morgan fingerprint density at radius 3 is 2.81 bits per heavy atom. The van der Waals surface area contributed by atoms with Gasteiger partial charge in [-0.15, -0.1) is 0 Å². The highest BCUT2D eigenvalue weighted by molar-refractivity contribution is 7.10. The van der Waals surface area contributed by atoms with E-state index in [4.69, 9.17) is 5.73 Å². The fourth-order valence-electron chi connectivity index (χ4n) is 2.81. The van der Waals surface area contributed by atoms with E-state index >= 15 is 0 Å². The molecule has 0 radical (unpaired) electrons. The van der Waals surface area contributed by atoms with Gasteiger partial charge in [0.2, 0.25) is 0 Å². The normalized spacial score (nSPS) is 16.3. The molecule has 1 aliphatic rings. The molecule has 3 heterocycles. The van der Waals surface area contributed by atoms with Gasteiger partial charge in [0.1, 0.15) is 10.8 Å². The molecule has 0 aromatic carbocycles. The summed E-state index contributed by atoms with van der Waals surface area (Å²) in [5, 5.41) is 7.06. The molecule has 3 amide bonds. The van der Waals surface area contributed by atoms with Gasteiger partial charge in [-0.05, 0) is 30.9 Å². The second-order valence-electron chi connectivity index (χ2n) is 6.53. The molecule has 2 aromatic heterocycles. The maximum atomic E-state index is 12.1. The van der Waals surface area contributed by atoms with Crippen LogP contribution in [0.3, 0.4) is 0 Å². The highest BCUT2D eigenvalue weighted by Gasteiger charge is 2.27. The van der Waals surface area contributed by atoms with E-state index in [1.165, 1.54) is 17.7 Å². The molecule has 0 aliphatic carbocycles. The number of rotatable bonds is 5. The molecule has 1 saturated heterocycles. The van der Waals surface area contributed by atoms with Crippen molar-refractivity contribution in [1.29, 1.82) is 0 Å². The van der Waals surface area contributed by atoms with Crippen molar-refractivity contribution >= 4 is 40.1 Å². The van der Waals surface area contributed by atoms with Crippen molar-refractivity contribution in [3.8, 4) is 0 Å². The molecule has 4 N–H and O–H groups in total. The van der Waals surface area contributed by atoms with Crippen molar-refractivity contribution in [1.82, 2.24) is 24.1 Å². The molecule has 0 saturated carbocycles. The number of primary amides is 1. The zero-order valence-corrected chi connectivity index (χ0v) is 16.2. The van der Waals surface area contributed by atoms with Crippen LogP contribution in [0, 0.1) is 6.92 Å². The molecule has 1 fully saturated rings. The van der Waals surface area contributed by atoms with E-state index in [9.17, 15) is 9.59 Å². The predicted molar refractivity (Wildman–Crippen MR) is 103 cm³/mol. The van der Waals surface area contributed by atoms with Crippen molar-refractivity contribution < 1.29 is 9.59 Å². The third-order valence-corrected chi connectivity index (χ3v) is 4.86. The Morgan fingerprint density at radius 2 is 2.19 bits per heavy atom. The Balaban J connectivity index is 1.74. The van der Waals surface area contributed by atoms with Crippen LogP contribution in [0.1, 0.15) is 22.6 Å². The maximum Gasteiger partial charge on any atom is 0.319 e. The summed E-state index contributed by atoms with van der Waals surface area (Å²) in [5.74, 6) is 0.115. The fraction of sp³-hybridized carbons (Fsp3) is 0.438. The third kappa shape index (κ3) is 4.42. The van der Waals surface area contributed by atoms with Gasteiger partial charge < -0.3 is 26.2 Å². The maximum absolute atomic E-state index is 12.1. The SMILES string of the molecule is Cc1cc(Nc2nc(N[C@H]3CCN(C(=O)N(C)C)C3)cnc2C(N)=O)sn1. The molecule has 11 heteroatoms. The van der Waals surface area contributed by atoms with E-state index in [-0.39, 0.29) is 23.6 Å². The van der Waals surface area contributed by atoms with Gasteiger partial charge in [0.25, 0.3) is 5.91 Å². The number of urea groups is 1. The van der Waals surface area contributed by atoms with Gasteiger partial charge >= 0.3 is 6.03 Å². The molecule has 27 heavy (non-hydrogen) atoms. The van der Waals surface area contributed by atoms with Crippen LogP contribution in [-0.4, -0.2) is 69.3 Å². The number of aromatic nitrogens is 3. The molecule has 1 aliphatic heterocycles. The first-order valence-corrected chi connectivity index (χ1v) is 9.20. The van der Waals surface area contributed by atoms with Crippen molar-refractivity contribution in [3.05, 3.63) is 23.7 Å². The summed E-state index contributed by atoms with van der Waals surface area (Å²) in [6, 6.07) is 1.89. The molecular weight excluding hydrogens is 368 g/mol. The molecule has 3 rings (SSSR count). The van der Waals surface area contributed by atoms with Crippen LogP contribution in [0.15, 0.2) is 12.3 Å². The average molecular weight is 390 g/mol. The Labute approximate surface area is 160 Å². The van der Waals surface area contributed by atoms with Crippen LogP contribution in [0.5, 0.6) is 0 Å². The van der Waals surface area contributed by atoms with E-state index in [0.29, 0.717) is 18.9 Å². The average Bonchev–Trinajstić information content (AvgIpc) is 3.23. The number of aryl methyl sites for hydroxylation is 1. The number of nitrogens with two attached hydrogens (primary N) is 1. The molecule has 0 bridgehead atoms. The summed E-state index contributed by atoms with van der Waals surface area (Å²) in [6.07, 6.45) is 2.27. The van der Waals surface area contributed by atoms with Gasteiger partial charge in [-0.25, -0.2) is 14.8 Å². The minimum absolute atomic E-state index is 0.0163. The lowest BCUT2D eigenvalue weighted by atomic mass is 10.2. The highest BCUT2D eigenvalue weighted by atomic mass is 32.1. The van der Waals surface area contributed by atoms with E-state index in [1.54, 1.807) is 23.9 Å². The Bertz CT molecular complexity index is 853. The number of hydrogen-bond donors (Lipinski definition) is 3. The van der Waals surface area contributed by atoms with Gasteiger partial charge in [-0.2, -0.15) is 4.37 Å². The summed E-state index contributed by atoms with van der Waals surface area (Å²) >= 11 is 1.26. The molecule has 1 atom stereocenters. The third-order valence-electron chi connectivity index (χ3n) is 4.07. The first-order chi connectivity index (χ1) is 12.8. The molecule has 0 spiro atoms. The molecule has 0 unspecified atom stereocenters. The lowest BCUT2D eigenvalue weighted by molar-refractivity contribution is 0.0996. The molecular formula is C16H22N8O2S. The van der Waals surface area contributed by atoms with E-state index in [2.05, 4.69) is 25.0 Å². The monoisotopic (exact) mass is 390 g/mol. The standard InChI is InChI=1S/C16H22N8O2S/c1-9-6-12(27-22-9)21-15-13(14(17)25)18-7-11(20-15)19-10-4-5-24(8-10)16(26)23(2)3/h6-7,10H,4-5,8H2,1-3H3,(H2,17,25)(H2,19,20,21)/t10-/m0/s1. The quantitative estimate of drug-likeness (QED) is 0.700. The largest absolute Gasteiger partial charge is 0.364 e. The van der Waals surface area contributed by atoms with Crippen molar-refractivity contribution in [2.75, 3.05) is 37.8 Å². The fourth-order valence-corrected chi connectivity index (χ4v) is 3.47. The molecule has 2 aromatic rings. The van der Waals surface area contributed by atoms with Crippen LogP contribution in [0.25, 0.3) is 0 Å². The first-order valence-electron chi connectivity index (χ1n) is 8.43. The second-order valence-corrected chi connectivity index (χ2v) is 7.33. The number of amides is 3. The van der Waals surface area contributed by atoms with Crippen LogP contribution < -0.4 is 16.4 Å². The minimum Gasteiger partial charge on any atom is -0.364 e. The topological polar surface area (TPSA) is 129 Å². The van der Waals surface area contributed by atoms with E-state index in [1.807, 2.05) is 13.0 Å². The summed E-state index contributed by atoms with van der Waals surface area (Å²) in [5.41, 5.74) is 6.32. The highest BCUT2D eigenvalue weighted by Crippen LogP contribution is 2.24. The Kier molecular flexibility index (Phi) is 5.40. The number of carbonyl (C=O) groups excluding carboxylic acids is 2. The van der Waals surface area contributed by atoms with Crippen molar-refractivity contribution in [2.45, 2.75) is 19.4 Å². The van der Waals surface area contributed by atoms with Gasteiger partial charge in [0, 0.05) is 33.2 Å². The second kappa shape index (κ2) is 7.74. The number of likely N-dealkylation sites (tertiary alicyclic amines) is 1. The summed E-state index contributed by atoms with van der Waals surface area (Å²) in [7, 11) is 3.46. The van der Waals surface area contributed by atoms with Crippen LogP contribution in [0.4, 0.5) is 21.4 Å².